The van der Waals surface area contributed by atoms with Crippen LogP contribution < -0.4 is 0 Å². The lowest BCUT2D eigenvalue weighted by Gasteiger charge is -2.49. The van der Waals surface area contributed by atoms with Gasteiger partial charge in [0.15, 0.2) is 11.9 Å². The third-order valence-electron chi connectivity index (χ3n) is 10.1. The Bertz CT molecular complexity index is 950. The van der Waals surface area contributed by atoms with Crippen LogP contribution in [0.25, 0.3) is 0 Å². The van der Waals surface area contributed by atoms with Crippen LogP contribution in [0.4, 0.5) is 0 Å². The summed E-state index contributed by atoms with van der Waals surface area (Å²) in [6, 6.07) is 0. The molecule has 0 aliphatic carbocycles. The average molecular weight is 627 g/mol. The first-order valence-electron chi connectivity index (χ1n) is 16.5. The van der Waals surface area contributed by atoms with E-state index in [2.05, 4.69) is 19.9 Å². The molecule has 1 fully saturated rings. The number of allylic oxidation sites excluding steroid dienone is 2. The third-order valence-corrected chi connectivity index (χ3v) is 10.1. The molecule has 0 radical (unpaired) electrons. The van der Waals surface area contributed by atoms with E-state index in [1.54, 1.807) is 27.0 Å². The van der Waals surface area contributed by atoms with E-state index in [1.807, 2.05) is 40.7 Å². The standard InChI is InChI=1S/C35H62O9/c1-19(2)32-24(7)27(36)18-35(40,44-32)26(9)31(38)25(8)33-28(41-10)14-12-13-20(3)15-22(5)30(37)23(6)16-21(4)17-29(42-11)34(39)43-33/h12-13,17,19-20,22-33,36-38,40H,14-16,18H2,1-11H3/b13-12+,21-17+/t20?,22-,23+,24-,25-,26-,27+,28-,29?,30-,31+,32+,33+,35+/m0/s1. The van der Waals surface area contributed by atoms with E-state index in [4.69, 9.17) is 18.9 Å². The highest BCUT2D eigenvalue weighted by molar-refractivity contribution is 5.77. The first-order valence-corrected chi connectivity index (χ1v) is 16.5. The predicted octanol–water partition coefficient (Wildman–Crippen LogP) is 4.65. The smallest absolute Gasteiger partial charge is 0.339 e. The van der Waals surface area contributed by atoms with Crippen molar-refractivity contribution in [3.05, 3.63) is 23.8 Å². The van der Waals surface area contributed by atoms with Crippen molar-refractivity contribution >= 4 is 5.97 Å². The number of hydrogen-bond acceptors (Lipinski definition) is 9. The molecule has 0 aromatic rings. The van der Waals surface area contributed by atoms with E-state index in [0.29, 0.717) is 12.8 Å². The second kappa shape index (κ2) is 17.0. The quantitative estimate of drug-likeness (QED) is 0.235. The van der Waals surface area contributed by atoms with Gasteiger partial charge in [0.1, 0.15) is 6.10 Å². The molecule has 0 aromatic heterocycles. The average Bonchev–Trinajstić information content (AvgIpc) is 2.96. The number of carbonyl (C=O) groups is 1. The molecule has 256 valence electrons. The maximum Gasteiger partial charge on any atom is 0.339 e. The maximum absolute atomic E-state index is 13.6. The number of ether oxygens (including phenoxy) is 4. The molecule has 14 atom stereocenters. The summed E-state index contributed by atoms with van der Waals surface area (Å²) in [6.45, 7) is 17.4. The molecule has 2 aliphatic heterocycles. The van der Waals surface area contributed by atoms with Crippen LogP contribution in [0.15, 0.2) is 23.8 Å². The minimum Gasteiger partial charge on any atom is -0.457 e. The number of methoxy groups -OCH3 is 2. The van der Waals surface area contributed by atoms with Gasteiger partial charge in [0.25, 0.3) is 0 Å². The monoisotopic (exact) mass is 626 g/mol. The van der Waals surface area contributed by atoms with Gasteiger partial charge in [-0.05, 0) is 55.9 Å². The molecule has 4 N–H and O–H groups in total. The molecule has 0 spiro atoms. The van der Waals surface area contributed by atoms with Gasteiger partial charge in [-0.2, -0.15) is 0 Å². The van der Waals surface area contributed by atoms with E-state index in [1.165, 1.54) is 7.11 Å². The van der Waals surface area contributed by atoms with E-state index >= 15 is 0 Å². The molecule has 0 amide bonds. The Morgan fingerprint density at radius 2 is 1.64 bits per heavy atom. The van der Waals surface area contributed by atoms with Gasteiger partial charge in [-0.3, -0.25) is 0 Å². The number of esters is 1. The molecule has 1 saturated heterocycles. The summed E-state index contributed by atoms with van der Waals surface area (Å²) in [6.07, 6.45) is 2.27. The van der Waals surface area contributed by atoms with Crippen LogP contribution in [0.3, 0.4) is 0 Å². The summed E-state index contributed by atoms with van der Waals surface area (Å²) < 4.78 is 23.7. The minimum atomic E-state index is -1.78. The largest absolute Gasteiger partial charge is 0.457 e. The zero-order chi connectivity index (χ0) is 33.5. The molecule has 9 heteroatoms. The lowest BCUT2D eigenvalue weighted by molar-refractivity contribution is -0.328. The van der Waals surface area contributed by atoms with E-state index in [9.17, 15) is 25.2 Å². The summed E-state index contributed by atoms with van der Waals surface area (Å²) in [4.78, 5) is 13.6. The molecule has 2 aliphatic rings. The van der Waals surface area contributed by atoms with E-state index in [-0.39, 0.29) is 36.0 Å². The molecule has 2 unspecified atom stereocenters. The zero-order valence-electron chi connectivity index (χ0n) is 29.0. The van der Waals surface area contributed by atoms with Gasteiger partial charge in [-0.25, -0.2) is 4.79 Å². The van der Waals surface area contributed by atoms with Crippen LogP contribution in [0.1, 0.15) is 88.0 Å². The number of hydrogen-bond donors (Lipinski definition) is 4. The Kier molecular flexibility index (Phi) is 15.0. The van der Waals surface area contributed by atoms with Crippen LogP contribution in [0.5, 0.6) is 0 Å². The molecule has 0 bridgehead atoms. The van der Waals surface area contributed by atoms with Crippen molar-refractivity contribution in [2.75, 3.05) is 14.2 Å². The van der Waals surface area contributed by atoms with Gasteiger partial charge < -0.3 is 39.4 Å². The predicted molar refractivity (Wildman–Crippen MR) is 171 cm³/mol. The van der Waals surface area contributed by atoms with Gasteiger partial charge in [0, 0.05) is 38.4 Å². The van der Waals surface area contributed by atoms with Crippen LogP contribution >= 0.6 is 0 Å². The summed E-state index contributed by atoms with van der Waals surface area (Å²) >= 11 is 0. The number of aliphatic hydroxyl groups is 4. The summed E-state index contributed by atoms with van der Waals surface area (Å²) in [5, 5.41) is 45.1. The Morgan fingerprint density at radius 3 is 2.20 bits per heavy atom. The first kappa shape index (κ1) is 38.9. The topological polar surface area (TPSA) is 135 Å². The number of cyclic esters (lactones) is 1. The van der Waals surface area contributed by atoms with Crippen molar-refractivity contribution in [2.24, 2.45) is 41.4 Å². The lowest BCUT2D eigenvalue weighted by atomic mass is 9.76. The molecule has 0 saturated carbocycles. The summed E-state index contributed by atoms with van der Waals surface area (Å²) in [5.41, 5.74) is 0.901. The Labute approximate surface area is 266 Å². The highest BCUT2D eigenvalue weighted by atomic mass is 16.6. The van der Waals surface area contributed by atoms with E-state index < -0.39 is 66.3 Å². The SMILES string of the molecule is COC1/C=C(\C)C[C@@H](C)[C@@H](O)[C@@H](C)CC(C)/C=C/C[C@H](OC)[C@@H]([C@@H](C)[C@@H](O)[C@H](C)[C@@]2(O)C[C@@H](O)[C@H](C)[C@@H](C(C)C)O2)OC1=O. The number of rotatable bonds is 7. The molecular weight excluding hydrogens is 564 g/mol. The first-order chi connectivity index (χ1) is 20.5. The van der Waals surface area contributed by atoms with Gasteiger partial charge in [-0.15, -0.1) is 0 Å². The van der Waals surface area contributed by atoms with Gasteiger partial charge in [-0.1, -0.05) is 73.1 Å². The van der Waals surface area contributed by atoms with E-state index in [0.717, 1.165) is 12.0 Å². The molecular formula is C35H62O9. The van der Waals surface area contributed by atoms with Crippen molar-refractivity contribution < 1.29 is 44.2 Å². The highest BCUT2D eigenvalue weighted by Crippen LogP contribution is 2.41. The van der Waals surface area contributed by atoms with Gasteiger partial charge >= 0.3 is 5.97 Å². The summed E-state index contributed by atoms with van der Waals surface area (Å²) in [5.74, 6) is -3.73. The fraction of sp³-hybridized carbons (Fsp3) is 0.857. The van der Waals surface area contributed by atoms with Crippen molar-refractivity contribution in [1.29, 1.82) is 0 Å². The fourth-order valence-corrected chi connectivity index (χ4v) is 7.13. The molecule has 44 heavy (non-hydrogen) atoms. The molecule has 0 aromatic carbocycles. The molecule has 2 rings (SSSR count). The lowest BCUT2D eigenvalue weighted by Crippen LogP contribution is -2.59. The van der Waals surface area contributed by atoms with Crippen LogP contribution in [0, 0.1) is 41.4 Å². The fourth-order valence-electron chi connectivity index (χ4n) is 7.13. The third kappa shape index (κ3) is 9.84. The maximum atomic E-state index is 13.6. The van der Waals surface area contributed by atoms with Crippen LogP contribution in [0.2, 0.25) is 0 Å². The van der Waals surface area contributed by atoms with Crippen molar-refractivity contribution in [2.45, 2.75) is 137 Å². The minimum absolute atomic E-state index is 0.00857. The number of aliphatic hydroxyl groups excluding tert-OH is 3. The van der Waals surface area contributed by atoms with Crippen molar-refractivity contribution in [3.8, 4) is 0 Å². The van der Waals surface area contributed by atoms with Crippen LogP contribution in [-0.4, -0.2) is 89.1 Å². The van der Waals surface area contributed by atoms with Crippen LogP contribution in [-0.2, 0) is 23.7 Å². The van der Waals surface area contributed by atoms with Crippen molar-refractivity contribution in [3.63, 3.8) is 0 Å². The normalized spacial score (nSPS) is 42.5. The molecule has 2 heterocycles. The van der Waals surface area contributed by atoms with Gasteiger partial charge in [0.2, 0.25) is 0 Å². The Hall–Kier alpha value is -1.33. The zero-order valence-corrected chi connectivity index (χ0v) is 29.0. The van der Waals surface area contributed by atoms with Gasteiger partial charge in [0.05, 0.1) is 30.5 Å². The highest BCUT2D eigenvalue weighted by Gasteiger charge is 2.51. The van der Waals surface area contributed by atoms with Crippen molar-refractivity contribution in [1.82, 2.24) is 0 Å². The summed E-state index contributed by atoms with van der Waals surface area (Å²) in [7, 11) is 2.99. The Morgan fingerprint density at radius 1 is 1.00 bits per heavy atom. The number of carbonyl (C=O) groups excluding carboxylic acids is 1. The molecule has 9 nitrogen and oxygen atoms in total. The Balaban J connectivity index is 2.44. The second-order valence-electron chi connectivity index (χ2n) is 14.3. The second-order valence-corrected chi connectivity index (χ2v) is 14.3.